The van der Waals surface area contributed by atoms with E-state index in [9.17, 15) is 9.59 Å². The lowest BCUT2D eigenvalue weighted by molar-refractivity contribution is -0.141. The van der Waals surface area contributed by atoms with E-state index in [4.69, 9.17) is 14.7 Å². The number of ether oxygens (including phenoxy) is 2. The third-order valence-electron chi connectivity index (χ3n) is 3.17. The van der Waals surface area contributed by atoms with E-state index in [1.165, 1.54) is 24.3 Å². The molecule has 1 fully saturated rings. The molecule has 0 saturated carbocycles. The number of rotatable bonds is 3. The van der Waals surface area contributed by atoms with Gasteiger partial charge in [0.15, 0.2) is 6.61 Å². The lowest BCUT2D eigenvalue weighted by Crippen LogP contribution is -2.46. The summed E-state index contributed by atoms with van der Waals surface area (Å²) in [6.07, 6.45) is -0.00284. The molecule has 6 heteroatoms. The van der Waals surface area contributed by atoms with Gasteiger partial charge in [-0.15, -0.1) is 0 Å². The molecule has 1 amide bonds. The zero-order chi connectivity index (χ0) is 15.2. The van der Waals surface area contributed by atoms with Gasteiger partial charge in [-0.3, -0.25) is 4.79 Å². The molecule has 1 aromatic carbocycles. The Hall–Kier alpha value is -2.39. The van der Waals surface area contributed by atoms with Gasteiger partial charge in [-0.2, -0.15) is 5.26 Å². The van der Waals surface area contributed by atoms with E-state index in [0.29, 0.717) is 30.8 Å². The highest BCUT2D eigenvalue weighted by Crippen LogP contribution is 2.07. The molecule has 110 valence electrons. The Kier molecular flexibility index (Phi) is 4.90. The van der Waals surface area contributed by atoms with Gasteiger partial charge in [-0.25, -0.2) is 4.79 Å². The lowest BCUT2D eigenvalue weighted by atomic mass is 10.1. The van der Waals surface area contributed by atoms with E-state index in [1.54, 1.807) is 4.90 Å². The van der Waals surface area contributed by atoms with Crippen molar-refractivity contribution in [3.8, 4) is 6.07 Å². The maximum Gasteiger partial charge on any atom is 0.338 e. The average Bonchev–Trinajstić information content (AvgIpc) is 2.52. The van der Waals surface area contributed by atoms with Crippen LogP contribution in [0.1, 0.15) is 22.8 Å². The Morgan fingerprint density at radius 1 is 1.43 bits per heavy atom. The van der Waals surface area contributed by atoms with E-state index >= 15 is 0 Å². The summed E-state index contributed by atoms with van der Waals surface area (Å²) in [5.74, 6) is -0.804. The van der Waals surface area contributed by atoms with Crippen LogP contribution in [0.25, 0.3) is 0 Å². The van der Waals surface area contributed by atoms with Crippen molar-refractivity contribution in [3.05, 3.63) is 35.4 Å². The first kappa shape index (κ1) is 15.0. The van der Waals surface area contributed by atoms with E-state index < -0.39 is 5.97 Å². The molecule has 6 nitrogen and oxygen atoms in total. The fourth-order valence-corrected chi connectivity index (χ4v) is 2.03. The molecule has 0 bridgehead atoms. The highest BCUT2D eigenvalue weighted by molar-refractivity contribution is 5.91. The fraction of sp³-hybridized carbons (Fsp3) is 0.400. The van der Waals surface area contributed by atoms with E-state index in [0.717, 1.165) is 0 Å². The van der Waals surface area contributed by atoms with Crippen molar-refractivity contribution in [2.75, 3.05) is 26.3 Å². The van der Waals surface area contributed by atoms with Crippen molar-refractivity contribution in [3.63, 3.8) is 0 Å². The predicted octanol–water partition coefficient (Wildman–Crippen LogP) is 0.962. The highest BCUT2D eigenvalue weighted by Gasteiger charge is 2.22. The summed E-state index contributed by atoms with van der Waals surface area (Å²) < 4.78 is 10.3. The molecule has 21 heavy (non-hydrogen) atoms. The minimum Gasteiger partial charge on any atom is -0.452 e. The van der Waals surface area contributed by atoms with E-state index in [2.05, 4.69) is 0 Å². The van der Waals surface area contributed by atoms with Gasteiger partial charge in [0.2, 0.25) is 0 Å². The van der Waals surface area contributed by atoms with Crippen LogP contribution in [-0.2, 0) is 14.3 Å². The molecule has 1 aliphatic rings. The SMILES string of the molecule is CC1CN(C(=O)COC(=O)c2ccc(C#N)cc2)CCO1. The van der Waals surface area contributed by atoms with Crippen molar-refractivity contribution in [2.24, 2.45) is 0 Å². The second-order valence-electron chi connectivity index (χ2n) is 4.79. The van der Waals surface area contributed by atoms with Crippen molar-refractivity contribution in [1.29, 1.82) is 5.26 Å². The van der Waals surface area contributed by atoms with Crippen LogP contribution in [0.3, 0.4) is 0 Å². The highest BCUT2D eigenvalue weighted by atomic mass is 16.5. The molecule has 1 aromatic rings. The number of nitriles is 1. The second-order valence-corrected chi connectivity index (χ2v) is 4.79. The smallest absolute Gasteiger partial charge is 0.338 e. The zero-order valence-corrected chi connectivity index (χ0v) is 11.7. The number of hydrogen-bond acceptors (Lipinski definition) is 5. The Morgan fingerprint density at radius 2 is 2.14 bits per heavy atom. The number of carbonyl (C=O) groups is 2. The van der Waals surface area contributed by atoms with Crippen LogP contribution >= 0.6 is 0 Å². The third kappa shape index (κ3) is 4.04. The topological polar surface area (TPSA) is 79.6 Å². The van der Waals surface area contributed by atoms with Crippen LogP contribution in [0.2, 0.25) is 0 Å². The number of esters is 1. The molecule has 1 atom stereocenters. The summed E-state index contributed by atoms with van der Waals surface area (Å²) in [7, 11) is 0. The third-order valence-corrected chi connectivity index (χ3v) is 3.17. The minimum atomic E-state index is -0.575. The monoisotopic (exact) mass is 288 g/mol. The van der Waals surface area contributed by atoms with Gasteiger partial charge in [0.1, 0.15) is 0 Å². The lowest BCUT2D eigenvalue weighted by Gasteiger charge is -2.30. The van der Waals surface area contributed by atoms with Gasteiger partial charge in [-0.05, 0) is 31.2 Å². The Labute approximate surface area is 122 Å². The summed E-state index contributed by atoms with van der Waals surface area (Å²) in [5.41, 5.74) is 0.780. The van der Waals surface area contributed by atoms with E-state index in [-0.39, 0.29) is 18.6 Å². The minimum absolute atomic E-state index is 0.00284. The Bertz CT molecular complexity index is 562. The summed E-state index contributed by atoms with van der Waals surface area (Å²) in [5, 5.41) is 8.68. The number of carbonyl (C=O) groups excluding carboxylic acids is 2. The normalized spacial score (nSPS) is 17.9. The molecule has 0 spiro atoms. The molecule has 1 heterocycles. The van der Waals surface area contributed by atoms with Crippen molar-refractivity contribution >= 4 is 11.9 Å². The van der Waals surface area contributed by atoms with Crippen LogP contribution in [0.4, 0.5) is 0 Å². The first-order chi connectivity index (χ1) is 10.1. The molecule has 1 aliphatic heterocycles. The second kappa shape index (κ2) is 6.86. The summed E-state index contributed by atoms with van der Waals surface area (Å²) in [4.78, 5) is 25.4. The van der Waals surface area contributed by atoms with Gasteiger partial charge in [-0.1, -0.05) is 0 Å². The molecular weight excluding hydrogens is 272 g/mol. The largest absolute Gasteiger partial charge is 0.452 e. The Morgan fingerprint density at radius 3 is 2.76 bits per heavy atom. The molecule has 0 radical (unpaired) electrons. The van der Waals surface area contributed by atoms with Gasteiger partial charge < -0.3 is 14.4 Å². The average molecular weight is 288 g/mol. The fourth-order valence-electron chi connectivity index (χ4n) is 2.03. The molecule has 0 aliphatic carbocycles. The standard InChI is InChI=1S/C15H16N2O4/c1-11-9-17(6-7-20-11)14(18)10-21-15(19)13-4-2-12(8-16)3-5-13/h2-5,11H,6-7,9-10H2,1H3. The predicted molar refractivity (Wildman–Crippen MR) is 73.4 cm³/mol. The molecular formula is C15H16N2O4. The summed E-state index contributed by atoms with van der Waals surface area (Å²) in [6.45, 7) is 3.12. The summed E-state index contributed by atoms with van der Waals surface area (Å²) >= 11 is 0. The Balaban J connectivity index is 1.85. The zero-order valence-electron chi connectivity index (χ0n) is 11.7. The van der Waals surface area contributed by atoms with Crippen molar-refractivity contribution < 1.29 is 19.1 Å². The molecule has 1 saturated heterocycles. The van der Waals surface area contributed by atoms with Crippen LogP contribution < -0.4 is 0 Å². The van der Waals surface area contributed by atoms with Gasteiger partial charge in [0.05, 0.1) is 29.9 Å². The van der Waals surface area contributed by atoms with Crippen LogP contribution in [0, 0.1) is 11.3 Å². The molecule has 0 aromatic heterocycles. The maximum absolute atomic E-state index is 11.9. The first-order valence-corrected chi connectivity index (χ1v) is 6.67. The van der Waals surface area contributed by atoms with Crippen molar-refractivity contribution in [1.82, 2.24) is 4.90 Å². The number of hydrogen-bond donors (Lipinski definition) is 0. The van der Waals surface area contributed by atoms with Crippen LogP contribution in [-0.4, -0.2) is 49.2 Å². The maximum atomic E-state index is 11.9. The number of benzene rings is 1. The van der Waals surface area contributed by atoms with Gasteiger partial charge in [0.25, 0.3) is 5.91 Å². The number of morpholine rings is 1. The quantitative estimate of drug-likeness (QED) is 0.774. The van der Waals surface area contributed by atoms with Gasteiger partial charge in [0, 0.05) is 13.1 Å². The number of nitrogens with zero attached hydrogens (tertiary/aromatic N) is 2. The van der Waals surface area contributed by atoms with Gasteiger partial charge >= 0.3 is 5.97 Å². The van der Waals surface area contributed by atoms with E-state index in [1.807, 2.05) is 13.0 Å². The molecule has 1 unspecified atom stereocenters. The van der Waals surface area contributed by atoms with Crippen LogP contribution in [0.5, 0.6) is 0 Å². The first-order valence-electron chi connectivity index (χ1n) is 6.67. The molecule has 0 N–H and O–H groups in total. The summed E-state index contributed by atoms with van der Waals surface area (Å²) in [6, 6.07) is 8.03. The van der Waals surface area contributed by atoms with Crippen LogP contribution in [0.15, 0.2) is 24.3 Å². The van der Waals surface area contributed by atoms with Crippen molar-refractivity contribution in [2.45, 2.75) is 13.0 Å². The number of amides is 1. The molecule has 2 rings (SSSR count).